The fourth-order valence-corrected chi connectivity index (χ4v) is 14.7. The first kappa shape index (κ1) is 75.9. The van der Waals surface area contributed by atoms with E-state index in [-0.39, 0.29) is 60.7 Å². The zero-order chi connectivity index (χ0) is 67.1. The van der Waals surface area contributed by atoms with Gasteiger partial charge in [-0.05, 0) is 117 Å². The van der Waals surface area contributed by atoms with E-state index >= 15 is 0 Å². The van der Waals surface area contributed by atoms with Crippen LogP contribution in [0.1, 0.15) is 93.4 Å². The Morgan fingerprint density at radius 1 is 0.891 bits per heavy atom. The summed E-state index contributed by atoms with van der Waals surface area (Å²) >= 11 is 5.32. The average Bonchev–Trinajstić information content (AvgIpc) is 0.846. The summed E-state index contributed by atoms with van der Waals surface area (Å²) in [5.74, 6) is 6.29. The molecule has 36 heteroatoms. The number of nitrogens with zero attached hydrogens (tertiary/aromatic N) is 1. The SMILES string of the molecule is CCS(=S)CO[C@@H]1C[C@H](n2cc(C#CCNC(=O)NCCCCCOCSSC(C)(C)CCOC(=O)CCCOCCOCCNC(=O)c3ccc(C)c(-c4c5ccc(=N)cc-5oc5cc(N)ccc45)c3)c(=O)[nH]c2=O)O[C@@H]1COP(=O)(O)OP(=O)(O)OP(=O)(O)O. The van der Waals surface area contributed by atoms with Crippen LogP contribution in [0.5, 0.6) is 0 Å². The van der Waals surface area contributed by atoms with Crippen LogP contribution in [0.15, 0.2) is 74.8 Å². The van der Waals surface area contributed by atoms with Crippen molar-refractivity contribution in [1.82, 2.24) is 25.5 Å². The number of aryl methyl sites for hydroxylation is 1. The second kappa shape index (κ2) is 36.7. The van der Waals surface area contributed by atoms with Gasteiger partial charge in [0.1, 0.15) is 35.2 Å². The van der Waals surface area contributed by atoms with Gasteiger partial charge in [-0.1, -0.05) is 55.9 Å². The van der Waals surface area contributed by atoms with E-state index in [0.29, 0.717) is 98.4 Å². The molecule has 1 fully saturated rings. The van der Waals surface area contributed by atoms with Crippen LogP contribution in [-0.4, -0.2) is 148 Å². The standard InChI is InChI=1S/C56H76N7O22P3S4/c1-5-92(89)36-80-47-32-49(83-48(47)34-81-87(72,73)85-88(74,75)84-86(69,70)71)63-33-39(53(66)62-55(63)68)11-9-21-61-54(67)60-20-7-6-8-23-78-35-90-91-56(3,4)19-25-79-50(64)12-10-24-76-27-28-77-26-22-59-52(65)38-14-13-37(2)44(29-38)51-42-17-15-40(57)30-45(42)82-46-31-41(58)16-18-43(46)51/h13-18,29-31,33,47-49,57H,5-8,10,12,19-28,32,34-36,58H2,1-4H3,(H,59,65)(H,72,73)(H,74,75)(H2,60,61,67)(H,62,66,68)(H2,69,70,71)/t47-,48-,49-,92?/m1/s1. The number of esters is 1. The summed E-state index contributed by atoms with van der Waals surface area (Å²) in [7, 11) is -14.4. The zero-order valence-corrected chi connectivity index (χ0v) is 56.7. The van der Waals surface area contributed by atoms with Crippen LogP contribution in [-0.2, 0) is 80.7 Å². The van der Waals surface area contributed by atoms with Gasteiger partial charge in [-0.15, -0.1) is 0 Å². The number of phosphoric acid groups is 3. The van der Waals surface area contributed by atoms with Crippen molar-refractivity contribution in [1.29, 1.82) is 5.41 Å². The van der Waals surface area contributed by atoms with Gasteiger partial charge >= 0.3 is 41.2 Å². The smallest absolute Gasteiger partial charge is 0.466 e. The van der Waals surface area contributed by atoms with Crippen LogP contribution in [0.4, 0.5) is 10.5 Å². The Labute approximate surface area is 544 Å². The lowest BCUT2D eigenvalue weighted by Crippen LogP contribution is -2.36. The van der Waals surface area contributed by atoms with Crippen molar-refractivity contribution in [2.24, 2.45) is 0 Å². The van der Waals surface area contributed by atoms with E-state index in [1.54, 1.807) is 45.9 Å². The molecule has 11 N–H and O–H groups in total. The van der Waals surface area contributed by atoms with E-state index < -0.39 is 75.2 Å². The Bertz CT molecular complexity index is 3730. The van der Waals surface area contributed by atoms with E-state index in [1.807, 2.05) is 44.2 Å². The highest BCUT2D eigenvalue weighted by Gasteiger charge is 2.44. The first-order chi connectivity index (χ1) is 43.6. The van der Waals surface area contributed by atoms with Crippen molar-refractivity contribution in [2.75, 3.05) is 89.2 Å². The number of carbonyl (C=O) groups is 3. The lowest BCUT2D eigenvalue weighted by molar-refractivity contribution is -0.144. The minimum Gasteiger partial charge on any atom is -0.466 e. The number of phosphoric ester groups is 1. The van der Waals surface area contributed by atoms with Crippen molar-refractivity contribution < 1.29 is 93.6 Å². The number of nitrogens with one attached hydrogen (secondary N) is 5. The van der Waals surface area contributed by atoms with Crippen LogP contribution in [0.2, 0.25) is 0 Å². The number of hydrogen-bond acceptors (Lipinski definition) is 23. The normalized spacial score (nSPS) is 16.7. The zero-order valence-electron chi connectivity index (χ0n) is 50.8. The van der Waals surface area contributed by atoms with E-state index in [0.717, 1.165) is 51.2 Å². The molecule has 0 spiro atoms. The van der Waals surface area contributed by atoms with Gasteiger partial charge in [0.15, 0.2) is 0 Å². The molecule has 29 nitrogen and oxygen atoms in total. The van der Waals surface area contributed by atoms with E-state index in [2.05, 4.69) is 55.2 Å². The number of hydrogen-bond donors (Lipinski definition) is 10. The predicted octanol–water partition coefficient (Wildman–Crippen LogP) is 6.63. The molecular weight excluding hydrogens is 1340 g/mol. The van der Waals surface area contributed by atoms with Gasteiger partial charge in [-0.2, -0.15) is 8.62 Å². The molecule has 3 unspecified atom stereocenters. The molecule has 2 aliphatic heterocycles. The molecule has 0 bridgehead atoms. The summed E-state index contributed by atoms with van der Waals surface area (Å²) in [4.78, 5) is 103. The molecule has 6 atom stereocenters. The predicted molar refractivity (Wildman–Crippen MR) is 349 cm³/mol. The number of aromatic amines is 1. The maximum atomic E-state index is 13.2. The number of nitrogen functional groups attached to an aromatic ring is 1. The highest BCUT2D eigenvalue weighted by atomic mass is 33.1. The number of carbonyl (C=O) groups excluding carboxylic acids is 3. The molecule has 2 aromatic carbocycles. The number of fused-ring (bicyclic) bond motifs is 2. The summed E-state index contributed by atoms with van der Waals surface area (Å²) in [5, 5.41) is 17.5. The van der Waals surface area contributed by atoms with Crippen LogP contribution >= 0.6 is 45.1 Å². The molecule has 3 heterocycles. The average molecular weight is 1420 g/mol. The van der Waals surface area contributed by atoms with Gasteiger partial charge in [0.25, 0.3) is 11.5 Å². The number of nitrogens with two attached hydrogens (primary N) is 1. The summed E-state index contributed by atoms with van der Waals surface area (Å²) in [6.45, 7) is 9.66. The quantitative estimate of drug-likeness (QED) is 0.00289. The number of benzene rings is 3. The largest absolute Gasteiger partial charge is 0.490 e. The Balaban J connectivity index is 0.762. The molecule has 506 valence electrons. The number of amides is 3. The van der Waals surface area contributed by atoms with Crippen molar-refractivity contribution >= 4 is 100 Å². The molecule has 3 aromatic rings. The number of anilines is 1. The molecule has 6 rings (SSSR count). The van der Waals surface area contributed by atoms with Gasteiger partial charge in [0, 0.05) is 90.0 Å². The number of H-pyrrole nitrogens is 1. The van der Waals surface area contributed by atoms with Crippen molar-refractivity contribution in [2.45, 2.75) is 95.8 Å². The molecular formula is C56H76N7O22P3S4. The summed E-state index contributed by atoms with van der Waals surface area (Å²) in [5.41, 5.74) is 9.28. The molecule has 1 aliphatic carbocycles. The van der Waals surface area contributed by atoms with Crippen LogP contribution in [0.3, 0.4) is 0 Å². The minimum absolute atomic E-state index is 0.0338. The van der Waals surface area contributed by atoms with Crippen LogP contribution in [0.25, 0.3) is 33.4 Å². The van der Waals surface area contributed by atoms with E-state index in [1.165, 1.54) is 0 Å². The minimum atomic E-state index is -5.80. The molecule has 0 saturated carbocycles. The second-order valence-electron chi connectivity index (χ2n) is 21.0. The summed E-state index contributed by atoms with van der Waals surface area (Å²) in [6.07, 6.45) is 1.21. The highest BCUT2D eigenvalue weighted by Crippen LogP contribution is 2.66. The van der Waals surface area contributed by atoms with Gasteiger partial charge in [-0.3, -0.25) is 28.5 Å². The summed E-state index contributed by atoms with van der Waals surface area (Å²) in [6, 6.07) is 15.7. The molecule has 1 saturated heterocycles. The fraction of sp³-hybridized carbons (Fsp3) is 0.500. The van der Waals surface area contributed by atoms with Crippen molar-refractivity contribution in [3.63, 3.8) is 0 Å². The lowest BCUT2D eigenvalue weighted by Gasteiger charge is -2.22. The maximum absolute atomic E-state index is 13.2. The Kier molecular flexibility index (Phi) is 30.2. The maximum Gasteiger partial charge on any atom is 0.490 e. The van der Waals surface area contributed by atoms with Gasteiger partial charge < -0.3 is 79.5 Å². The Morgan fingerprint density at radius 2 is 1.65 bits per heavy atom. The number of aromatic nitrogens is 2. The van der Waals surface area contributed by atoms with E-state index in [9.17, 15) is 47.5 Å². The topological polar surface area (TPSA) is 420 Å². The monoisotopic (exact) mass is 1420 g/mol. The number of ether oxygens (including phenoxy) is 6. The number of urea groups is 1. The Morgan fingerprint density at radius 3 is 2.41 bits per heavy atom. The third-order valence-corrected chi connectivity index (χ3v) is 22.2. The molecule has 0 radical (unpaired) electrons. The third kappa shape index (κ3) is 25.9. The fourth-order valence-electron chi connectivity index (χ4n) is 8.75. The van der Waals surface area contributed by atoms with E-state index in [4.69, 9.17) is 69.5 Å². The molecule has 3 aliphatic rings. The highest BCUT2D eigenvalue weighted by molar-refractivity contribution is 8.77. The van der Waals surface area contributed by atoms with Gasteiger partial charge in [0.2, 0.25) is 0 Å². The van der Waals surface area contributed by atoms with Crippen LogP contribution < -0.4 is 38.3 Å². The second-order valence-corrected chi connectivity index (χ2v) is 31.5. The number of rotatable bonds is 38. The van der Waals surface area contributed by atoms with Crippen molar-refractivity contribution in [3.05, 3.63) is 104 Å². The first-order valence-electron chi connectivity index (χ1n) is 28.8. The summed E-state index contributed by atoms with van der Waals surface area (Å²) < 4.78 is 88.6. The third-order valence-electron chi connectivity index (χ3n) is 13.3. The molecule has 1 aromatic heterocycles. The van der Waals surface area contributed by atoms with Gasteiger partial charge in [0.05, 0.1) is 57.0 Å². The van der Waals surface area contributed by atoms with Crippen molar-refractivity contribution in [3.8, 4) is 34.3 Å². The Hall–Kier alpha value is -5.14. The van der Waals surface area contributed by atoms with Crippen LogP contribution in [0, 0.1) is 24.2 Å². The lowest BCUT2D eigenvalue weighted by atomic mass is 9.90. The molecule has 3 amide bonds. The number of unbranched alkanes of at least 4 members (excludes halogenated alkanes) is 2. The first-order valence-corrected chi connectivity index (χ1v) is 38.1. The molecule has 92 heavy (non-hydrogen) atoms. The van der Waals surface area contributed by atoms with Gasteiger partial charge in [-0.25, -0.2) is 23.3 Å².